The highest BCUT2D eigenvalue weighted by atomic mass is 16.4. The first-order valence-corrected chi connectivity index (χ1v) is 7.15. The van der Waals surface area contributed by atoms with Gasteiger partial charge in [0.15, 0.2) is 0 Å². The summed E-state index contributed by atoms with van der Waals surface area (Å²) in [4.78, 5) is 36.4. The molecule has 0 aromatic rings. The molecule has 120 valence electrons. The van der Waals surface area contributed by atoms with Gasteiger partial charge in [0.1, 0.15) is 12.1 Å². The summed E-state index contributed by atoms with van der Waals surface area (Å²) in [6, 6.07) is -2.62. The number of carboxylic acid groups (broad SMARTS) is 1. The van der Waals surface area contributed by atoms with Crippen LogP contribution in [0.1, 0.15) is 32.6 Å². The quantitative estimate of drug-likeness (QED) is 0.528. The molecule has 1 saturated heterocycles. The number of likely N-dealkylation sites (tertiary alicyclic amines) is 1. The van der Waals surface area contributed by atoms with Crippen molar-refractivity contribution in [3.05, 3.63) is 0 Å². The number of nitrogens with zero attached hydrogens (tertiary/aromatic N) is 1. The van der Waals surface area contributed by atoms with Crippen molar-refractivity contribution in [2.45, 2.75) is 44.7 Å². The van der Waals surface area contributed by atoms with Crippen LogP contribution in [-0.4, -0.2) is 64.8 Å². The number of carboxylic acids is 1. The average molecular weight is 301 g/mol. The number of nitrogens with one attached hydrogen (secondary N) is 2. The van der Waals surface area contributed by atoms with E-state index in [1.54, 1.807) is 11.8 Å². The summed E-state index contributed by atoms with van der Waals surface area (Å²) >= 11 is 0. The molecule has 1 aliphatic heterocycles. The molecule has 8 nitrogen and oxygen atoms in total. The number of aliphatic hydroxyl groups is 1. The standard InChI is InChI=1S/C13H23N3O5/c1-9(11(18)16-6-3-2-4-7-16)14-13(21)15-10(5-8-17)12(19)20/h9-10,17H,2-8H2,1H3,(H,19,20)(H2,14,15,21)/t9?,10-/m0/s1. The minimum Gasteiger partial charge on any atom is -0.480 e. The predicted molar refractivity (Wildman–Crippen MR) is 74.7 cm³/mol. The molecule has 8 heteroatoms. The van der Waals surface area contributed by atoms with Gasteiger partial charge in [0, 0.05) is 26.1 Å². The molecule has 21 heavy (non-hydrogen) atoms. The van der Waals surface area contributed by atoms with Crippen LogP contribution in [0.25, 0.3) is 0 Å². The third-order valence-electron chi connectivity index (χ3n) is 3.41. The Morgan fingerprint density at radius 3 is 2.29 bits per heavy atom. The van der Waals surface area contributed by atoms with Gasteiger partial charge in [-0.2, -0.15) is 0 Å². The first-order chi connectivity index (χ1) is 9.95. The van der Waals surface area contributed by atoms with E-state index in [0.717, 1.165) is 19.3 Å². The van der Waals surface area contributed by atoms with E-state index in [1.807, 2.05) is 0 Å². The van der Waals surface area contributed by atoms with Crippen LogP contribution in [-0.2, 0) is 9.59 Å². The van der Waals surface area contributed by atoms with Crippen molar-refractivity contribution in [2.24, 2.45) is 0 Å². The molecule has 0 bridgehead atoms. The maximum atomic E-state index is 12.1. The molecule has 3 amide bonds. The fraction of sp³-hybridized carbons (Fsp3) is 0.769. The number of carbonyl (C=O) groups is 3. The minimum absolute atomic E-state index is 0.0861. The van der Waals surface area contributed by atoms with Crippen LogP contribution in [0.2, 0.25) is 0 Å². The van der Waals surface area contributed by atoms with Gasteiger partial charge in [0.05, 0.1) is 0 Å². The second-order valence-corrected chi connectivity index (χ2v) is 5.13. The van der Waals surface area contributed by atoms with Gasteiger partial charge in [-0.15, -0.1) is 0 Å². The van der Waals surface area contributed by atoms with Gasteiger partial charge in [-0.05, 0) is 26.2 Å². The number of amides is 3. The summed E-state index contributed by atoms with van der Waals surface area (Å²) in [5.74, 6) is -1.40. The summed E-state index contributed by atoms with van der Waals surface area (Å²) in [5, 5.41) is 22.3. The molecule has 1 fully saturated rings. The monoisotopic (exact) mass is 301 g/mol. The molecule has 2 atom stereocenters. The van der Waals surface area contributed by atoms with Crippen molar-refractivity contribution in [1.29, 1.82) is 0 Å². The SMILES string of the molecule is CC(NC(=O)N[C@@H](CCO)C(=O)O)C(=O)N1CCCCC1. The Morgan fingerprint density at radius 2 is 1.76 bits per heavy atom. The molecular formula is C13H23N3O5. The van der Waals surface area contributed by atoms with Crippen LogP contribution >= 0.6 is 0 Å². The number of carbonyl (C=O) groups excluding carboxylic acids is 2. The predicted octanol–water partition coefficient (Wildman–Crippen LogP) is -0.478. The smallest absolute Gasteiger partial charge is 0.326 e. The summed E-state index contributed by atoms with van der Waals surface area (Å²) in [7, 11) is 0. The van der Waals surface area contributed by atoms with Gasteiger partial charge in [0.25, 0.3) is 0 Å². The zero-order valence-electron chi connectivity index (χ0n) is 12.2. The van der Waals surface area contributed by atoms with E-state index in [4.69, 9.17) is 10.2 Å². The lowest BCUT2D eigenvalue weighted by Crippen LogP contribution is -2.53. The maximum absolute atomic E-state index is 12.1. The Balaban J connectivity index is 2.45. The van der Waals surface area contributed by atoms with E-state index >= 15 is 0 Å². The zero-order chi connectivity index (χ0) is 15.8. The highest BCUT2D eigenvalue weighted by Crippen LogP contribution is 2.09. The van der Waals surface area contributed by atoms with Gasteiger partial charge >= 0.3 is 12.0 Å². The van der Waals surface area contributed by atoms with Crippen LogP contribution in [0.3, 0.4) is 0 Å². The summed E-state index contributed by atoms with van der Waals surface area (Å²) < 4.78 is 0. The van der Waals surface area contributed by atoms with Crippen molar-refractivity contribution in [2.75, 3.05) is 19.7 Å². The lowest BCUT2D eigenvalue weighted by Gasteiger charge is -2.29. The number of rotatable bonds is 6. The molecule has 0 radical (unpaired) electrons. The highest BCUT2D eigenvalue weighted by Gasteiger charge is 2.25. The van der Waals surface area contributed by atoms with Gasteiger partial charge < -0.3 is 25.7 Å². The van der Waals surface area contributed by atoms with E-state index < -0.39 is 24.1 Å². The normalized spacial score (nSPS) is 17.7. The van der Waals surface area contributed by atoms with Gasteiger partial charge in [-0.25, -0.2) is 9.59 Å². The second kappa shape index (κ2) is 8.46. The topological polar surface area (TPSA) is 119 Å². The van der Waals surface area contributed by atoms with E-state index in [2.05, 4.69) is 10.6 Å². The molecule has 0 aromatic heterocycles. The van der Waals surface area contributed by atoms with Crippen LogP contribution in [0.15, 0.2) is 0 Å². The summed E-state index contributed by atoms with van der Waals surface area (Å²) in [6.45, 7) is 2.60. The Kier molecular flexibility index (Phi) is 6.93. The molecule has 0 aromatic carbocycles. The first kappa shape index (κ1) is 17.2. The lowest BCUT2D eigenvalue weighted by atomic mass is 10.1. The Labute approximate surface area is 123 Å². The first-order valence-electron chi connectivity index (χ1n) is 7.15. The van der Waals surface area contributed by atoms with E-state index in [9.17, 15) is 14.4 Å². The highest BCUT2D eigenvalue weighted by molar-refractivity contribution is 5.88. The summed E-state index contributed by atoms with van der Waals surface area (Å²) in [5.41, 5.74) is 0. The zero-order valence-corrected chi connectivity index (χ0v) is 12.2. The van der Waals surface area contributed by atoms with E-state index in [0.29, 0.717) is 13.1 Å². The number of urea groups is 1. The van der Waals surface area contributed by atoms with Crippen LogP contribution in [0, 0.1) is 0 Å². The fourth-order valence-electron chi connectivity index (χ4n) is 2.23. The lowest BCUT2D eigenvalue weighted by molar-refractivity contribution is -0.139. The maximum Gasteiger partial charge on any atom is 0.326 e. The van der Waals surface area contributed by atoms with Crippen LogP contribution < -0.4 is 10.6 Å². The molecular weight excluding hydrogens is 278 g/mol. The third-order valence-corrected chi connectivity index (χ3v) is 3.41. The van der Waals surface area contributed by atoms with Crippen molar-refractivity contribution < 1.29 is 24.6 Å². The molecule has 4 N–H and O–H groups in total. The van der Waals surface area contributed by atoms with Gasteiger partial charge in [-0.3, -0.25) is 4.79 Å². The van der Waals surface area contributed by atoms with Crippen molar-refractivity contribution >= 4 is 17.9 Å². The largest absolute Gasteiger partial charge is 0.480 e. The Bertz CT molecular complexity index is 382. The fourth-order valence-corrected chi connectivity index (χ4v) is 2.23. The molecule has 0 spiro atoms. The second-order valence-electron chi connectivity index (χ2n) is 5.13. The van der Waals surface area contributed by atoms with Gasteiger partial charge in [-0.1, -0.05) is 0 Å². The average Bonchev–Trinajstić information content (AvgIpc) is 2.46. The van der Waals surface area contributed by atoms with Crippen LogP contribution in [0.4, 0.5) is 4.79 Å². The van der Waals surface area contributed by atoms with Crippen molar-refractivity contribution in [1.82, 2.24) is 15.5 Å². The van der Waals surface area contributed by atoms with Gasteiger partial charge in [0.2, 0.25) is 5.91 Å². The number of hydrogen-bond acceptors (Lipinski definition) is 4. The summed E-state index contributed by atoms with van der Waals surface area (Å²) in [6.07, 6.45) is 2.94. The number of piperidine rings is 1. The molecule has 0 saturated carbocycles. The minimum atomic E-state index is -1.23. The molecule has 1 unspecified atom stereocenters. The molecule has 0 aliphatic carbocycles. The van der Waals surface area contributed by atoms with E-state index in [-0.39, 0.29) is 18.9 Å². The Morgan fingerprint density at radius 1 is 1.14 bits per heavy atom. The number of aliphatic carboxylic acids is 1. The number of hydrogen-bond donors (Lipinski definition) is 4. The molecule has 1 rings (SSSR count). The van der Waals surface area contributed by atoms with Crippen molar-refractivity contribution in [3.8, 4) is 0 Å². The van der Waals surface area contributed by atoms with E-state index in [1.165, 1.54) is 0 Å². The van der Waals surface area contributed by atoms with Crippen LogP contribution in [0.5, 0.6) is 0 Å². The third kappa shape index (κ3) is 5.58. The molecule has 1 heterocycles. The Hall–Kier alpha value is -1.83. The molecule has 1 aliphatic rings. The number of aliphatic hydroxyl groups excluding tert-OH is 1. The van der Waals surface area contributed by atoms with Crippen molar-refractivity contribution in [3.63, 3.8) is 0 Å².